The van der Waals surface area contributed by atoms with Crippen LogP contribution in [0.3, 0.4) is 0 Å². The summed E-state index contributed by atoms with van der Waals surface area (Å²) in [5, 5.41) is 0. The summed E-state index contributed by atoms with van der Waals surface area (Å²) in [6.45, 7) is 5.41. The monoisotopic (exact) mass is 444 g/mol. The topological polar surface area (TPSA) is 80.3 Å². The average Bonchev–Trinajstić information content (AvgIpc) is 2.84. The number of nitrogens with one attached hydrogen (secondary N) is 1. The number of piperidine rings is 1. The Kier molecular flexibility index (Phi) is 7.38. The first kappa shape index (κ1) is 22.6. The molecule has 0 unspecified atom stereocenters. The van der Waals surface area contributed by atoms with Gasteiger partial charge in [-0.15, -0.1) is 6.42 Å². The van der Waals surface area contributed by atoms with Gasteiger partial charge >= 0.3 is 0 Å². The van der Waals surface area contributed by atoms with Crippen molar-refractivity contribution in [2.75, 3.05) is 26.3 Å². The summed E-state index contributed by atoms with van der Waals surface area (Å²) in [4.78, 5) is 26.4. The maximum Gasteiger partial charge on any atom is 0.251 e. The molecular formula is C26H28N4O3. The number of aromatic amines is 1. The van der Waals surface area contributed by atoms with Gasteiger partial charge in [0.05, 0.1) is 12.3 Å². The largest absolute Gasteiger partial charge is 0.490 e. The van der Waals surface area contributed by atoms with Gasteiger partial charge in [0, 0.05) is 36.5 Å². The first-order chi connectivity index (χ1) is 16.2. The summed E-state index contributed by atoms with van der Waals surface area (Å²) >= 11 is 0. The van der Waals surface area contributed by atoms with E-state index in [1.807, 2.05) is 31.2 Å². The number of terminal acetylenes is 1. The quantitative estimate of drug-likeness (QED) is 0.535. The number of rotatable bonds is 8. The highest BCUT2D eigenvalue weighted by Crippen LogP contribution is 2.31. The van der Waals surface area contributed by atoms with Crippen LogP contribution >= 0.6 is 0 Å². The van der Waals surface area contributed by atoms with Crippen LogP contribution in [0.25, 0.3) is 11.4 Å². The van der Waals surface area contributed by atoms with Gasteiger partial charge in [-0.05, 0) is 62.7 Å². The molecule has 170 valence electrons. The van der Waals surface area contributed by atoms with Crippen LogP contribution in [0.5, 0.6) is 11.5 Å². The summed E-state index contributed by atoms with van der Waals surface area (Å²) in [5.41, 5.74) is 2.70. The van der Waals surface area contributed by atoms with E-state index < -0.39 is 0 Å². The molecule has 0 atom stereocenters. The van der Waals surface area contributed by atoms with E-state index in [1.165, 1.54) is 0 Å². The van der Waals surface area contributed by atoms with E-state index in [0.29, 0.717) is 18.2 Å². The molecule has 7 nitrogen and oxygen atoms in total. The van der Waals surface area contributed by atoms with Crippen molar-refractivity contribution in [3.8, 4) is 35.2 Å². The van der Waals surface area contributed by atoms with Crippen molar-refractivity contribution < 1.29 is 9.47 Å². The van der Waals surface area contributed by atoms with Crippen LogP contribution in [0.4, 0.5) is 0 Å². The highest BCUT2D eigenvalue weighted by Gasteiger charge is 2.23. The summed E-state index contributed by atoms with van der Waals surface area (Å²) in [5.74, 6) is 4.71. The Balaban J connectivity index is 1.41. The molecule has 1 aliphatic heterocycles. The van der Waals surface area contributed by atoms with Gasteiger partial charge in [-0.25, -0.2) is 4.98 Å². The molecule has 0 radical (unpaired) electrons. The van der Waals surface area contributed by atoms with Gasteiger partial charge in [-0.3, -0.25) is 14.7 Å². The molecule has 1 aromatic carbocycles. The van der Waals surface area contributed by atoms with E-state index >= 15 is 0 Å². The molecule has 1 saturated heterocycles. The predicted octanol–water partition coefficient (Wildman–Crippen LogP) is 3.62. The highest BCUT2D eigenvalue weighted by atomic mass is 16.5. The third-order valence-corrected chi connectivity index (χ3v) is 5.73. The second-order valence-electron chi connectivity index (χ2n) is 8.02. The van der Waals surface area contributed by atoms with E-state index in [1.54, 1.807) is 18.5 Å². The maximum absolute atomic E-state index is 12.3. The number of likely N-dealkylation sites (tertiary alicyclic amines) is 1. The molecule has 7 heteroatoms. The Morgan fingerprint density at radius 1 is 1.18 bits per heavy atom. The maximum atomic E-state index is 12.3. The first-order valence-electron chi connectivity index (χ1n) is 11.2. The van der Waals surface area contributed by atoms with Gasteiger partial charge < -0.3 is 14.5 Å². The fourth-order valence-corrected chi connectivity index (χ4v) is 4.13. The number of hydrogen-bond donors (Lipinski definition) is 1. The van der Waals surface area contributed by atoms with Gasteiger partial charge in [-0.2, -0.15) is 0 Å². The second kappa shape index (κ2) is 10.8. The number of pyridine rings is 1. The lowest BCUT2D eigenvalue weighted by molar-refractivity contribution is 0.202. The van der Waals surface area contributed by atoms with Crippen molar-refractivity contribution >= 4 is 0 Å². The summed E-state index contributed by atoms with van der Waals surface area (Å²) < 4.78 is 11.3. The fraction of sp³-hybridized carbons (Fsp3) is 0.346. The molecule has 2 aromatic heterocycles. The molecule has 1 aliphatic rings. The molecule has 3 aromatic rings. The minimum Gasteiger partial charge on any atom is -0.490 e. The van der Waals surface area contributed by atoms with E-state index in [4.69, 9.17) is 20.9 Å². The SMILES string of the molecule is C#CCOc1ccc(CN2CCC(c3cc(=O)[nH]c(-c4cccnc4)n3)CC2)cc1OCC. The third-order valence-electron chi connectivity index (χ3n) is 5.73. The van der Waals surface area contributed by atoms with Gasteiger partial charge in [0.1, 0.15) is 12.4 Å². The molecule has 1 N–H and O–H groups in total. The molecule has 4 rings (SSSR count). The zero-order valence-corrected chi connectivity index (χ0v) is 18.8. The number of H-pyrrole nitrogens is 1. The minimum absolute atomic E-state index is 0.128. The van der Waals surface area contributed by atoms with E-state index in [2.05, 4.69) is 26.9 Å². The van der Waals surface area contributed by atoms with Crippen molar-refractivity contribution in [2.45, 2.75) is 32.2 Å². The van der Waals surface area contributed by atoms with Crippen molar-refractivity contribution in [2.24, 2.45) is 0 Å². The summed E-state index contributed by atoms with van der Waals surface area (Å²) in [7, 11) is 0. The molecule has 3 heterocycles. The van der Waals surface area contributed by atoms with Crippen LogP contribution in [0.15, 0.2) is 53.6 Å². The Morgan fingerprint density at radius 2 is 2.03 bits per heavy atom. The van der Waals surface area contributed by atoms with Crippen molar-refractivity contribution in [3.63, 3.8) is 0 Å². The Labute approximate surface area is 193 Å². The molecule has 0 saturated carbocycles. The molecule has 1 fully saturated rings. The zero-order valence-electron chi connectivity index (χ0n) is 18.8. The molecule has 0 aliphatic carbocycles. The van der Waals surface area contributed by atoms with E-state index in [0.717, 1.165) is 55.0 Å². The minimum atomic E-state index is -0.128. The second-order valence-corrected chi connectivity index (χ2v) is 8.02. The van der Waals surface area contributed by atoms with E-state index in [-0.39, 0.29) is 18.1 Å². The molecule has 0 amide bonds. The first-order valence-corrected chi connectivity index (χ1v) is 11.2. The molecule has 0 spiro atoms. The van der Waals surface area contributed by atoms with Gasteiger partial charge in [0.2, 0.25) is 0 Å². The number of hydrogen-bond acceptors (Lipinski definition) is 6. The normalized spacial score (nSPS) is 14.5. The number of nitrogens with zero attached hydrogens (tertiary/aromatic N) is 3. The lowest BCUT2D eigenvalue weighted by Crippen LogP contribution is -2.33. The van der Waals surface area contributed by atoms with Gasteiger partial charge in [0.25, 0.3) is 5.56 Å². The predicted molar refractivity (Wildman–Crippen MR) is 127 cm³/mol. The number of benzene rings is 1. The number of ether oxygens (including phenoxy) is 2. The van der Waals surface area contributed by atoms with Gasteiger partial charge in [0.15, 0.2) is 11.5 Å². The van der Waals surface area contributed by atoms with Gasteiger partial charge in [-0.1, -0.05) is 12.0 Å². The van der Waals surface area contributed by atoms with Crippen molar-refractivity contribution in [1.82, 2.24) is 19.9 Å². The van der Waals surface area contributed by atoms with Crippen LogP contribution < -0.4 is 15.0 Å². The van der Waals surface area contributed by atoms with Crippen LogP contribution in [0, 0.1) is 12.3 Å². The molecular weight excluding hydrogens is 416 g/mol. The van der Waals surface area contributed by atoms with Crippen molar-refractivity contribution in [1.29, 1.82) is 0 Å². The van der Waals surface area contributed by atoms with Crippen LogP contribution in [-0.4, -0.2) is 46.2 Å². The van der Waals surface area contributed by atoms with Crippen molar-refractivity contribution in [3.05, 3.63) is 70.4 Å². The Bertz CT molecular complexity index is 1160. The smallest absolute Gasteiger partial charge is 0.251 e. The third kappa shape index (κ3) is 5.79. The van der Waals surface area contributed by atoms with Crippen LogP contribution in [-0.2, 0) is 6.54 Å². The summed E-state index contributed by atoms with van der Waals surface area (Å²) in [6, 6.07) is 11.4. The lowest BCUT2D eigenvalue weighted by atomic mass is 9.93. The highest BCUT2D eigenvalue weighted by molar-refractivity contribution is 5.52. The standard InChI is InChI=1S/C26H28N4O3/c1-3-14-33-23-8-7-19(15-24(23)32-4-2)18-30-12-9-20(10-13-30)22-16-25(31)29-26(28-22)21-6-5-11-27-17-21/h1,5-8,11,15-17,20H,4,9-10,12-14,18H2,2H3,(H,28,29,31). The number of aromatic nitrogens is 3. The molecule has 0 bridgehead atoms. The zero-order chi connectivity index (χ0) is 23.0. The van der Waals surface area contributed by atoms with E-state index in [9.17, 15) is 4.79 Å². The summed E-state index contributed by atoms with van der Waals surface area (Å²) in [6.07, 6.45) is 10.6. The Hall–Kier alpha value is -3.63. The average molecular weight is 445 g/mol. The van der Waals surface area contributed by atoms with Crippen LogP contribution in [0.2, 0.25) is 0 Å². The molecule has 33 heavy (non-hydrogen) atoms. The Morgan fingerprint density at radius 3 is 2.76 bits per heavy atom. The lowest BCUT2D eigenvalue weighted by Gasteiger charge is -2.31. The fourth-order valence-electron chi connectivity index (χ4n) is 4.13. The van der Waals surface area contributed by atoms with Crippen LogP contribution in [0.1, 0.15) is 36.9 Å².